The smallest absolute Gasteiger partial charge is 0.328 e. The van der Waals surface area contributed by atoms with Gasteiger partial charge in [0.05, 0.1) is 24.0 Å². The molecule has 0 saturated carbocycles. The van der Waals surface area contributed by atoms with Gasteiger partial charge in [0.2, 0.25) is 0 Å². The van der Waals surface area contributed by atoms with Crippen molar-refractivity contribution in [2.75, 3.05) is 12.0 Å². The molecule has 2 aromatic heterocycles. The third-order valence-electron chi connectivity index (χ3n) is 6.35. The van der Waals surface area contributed by atoms with Gasteiger partial charge >= 0.3 is 5.97 Å². The average molecular weight is 461 g/mol. The zero-order valence-electron chi connectivity index (χ0n) is 19.7. The fraction of sp³-hybridized carbons (Fsp3) is 0.129. The first-order valence-electron chi connectivity index (χ1n) is 11.8. The molecule has 0 saturated heterocycles. The van der Waals surface area contributed by atoms with Crippen LogP contribution in [0.1, 0.15) is 11.1 Å². The van der Waals surface area contributed by atoms with Crippen LogP contribution < -0.4 is 4.90 Å². The van der Waals surface area contributed by atoms with Gasteiger partial charge in [-0.05, 0) is 34.9 Å². The van der Waals surface area contributed by atoms with Crippen molar-refractivity contribution in [3.05, 3.63) is 133 Å². The molecule has 0 amide bonds. The van der Waals surface area contributed by atoms with Crippen molar-refractivity contribution < 1.29 is 9.53 Å². The van der Waals surface area contributed by atoms with E-state index in [0.29, 0.717) is 13.0 Å². The molecule has 0 bridgehead atoms. The summed E-state index contributed by atoms with van der Waals surface area (Å²) in [5, 5.41) is 0. The lowest BCUT2D eigenvalue weighted by Crippen LogP contribution is -2.43. The molecular weight excluding hydrogens is 432 g/mol. The SMILES string of the molecule is COC(=O)[C@H](Cc1ccccc1)N(Cc1ccccc1)c1cc(-c2ccccc2)n2ccccc12. The molecule has 5 aromatic rings. The van der Waals surface area contributed by atoms with E-state index in [4.69, 9.17) is 4.74 Å². The number of rotatable bonds is 8. The highest BCUT2D eigenvalue weighted by atomic mass is 16.5. The minimum absolute atomic E-state index is 0.249. The van der Waals surface area contributed by atoms with Crippen LogP contribution in [0, 0.1) is 0 Å². The van der Waals surface area contributed by atoms with E-state index in [2.05, 4.69) is 64.0 Å². The molecule has 174 valence electrons. The molecule has 4 heteroatoms. The first kappa shape index (κ1) is 22.5. The number of ether oxygens (including phenoxy) is 1. The van der Waals surface area contributed by atoms with E-state index < -0.39 is 6.04 Å². The first-order valence-corrected chi connectivity index (χ1v) is 11.8. The summed E-state index contributed by atoms with van der Waals surface area (Å²) in [6.07, 6.45) is 2.62. The topological polar surface area (TPSA) is 34.0 Å². The maximum Gasteiger partial charge on any atom is 0.328 e. The van der Waals surface area contributed by atoms with Crippen LogP contribution in [0.25, 0.3) is 16.8 Å². The van der Waals surface area contributed by atoms with Crippen LogP contribution in [0.5, 0.6) is 0 Å². The monoisotopic (exact) mass is 460 g/mol. The second-order valence-corrected chi connectivity index (χ2v) is 8.58. The van der Waals surface area contributed by atoms with Crippen LogP contribution in [0.2, 0.25) is 0 Å². The second kappa shape index (κ2) is 10.3. The third-order valence-corrected chi connectivity index (χ3v) is 6.35. The summed E-state index contributed by atoms with van der Waals surface area (Å²) in [5.41, 5.74) is 6.47. The number of carbonyl (C=O) groups is 1. The summed E-state index contributed by atoms with van der Waals surface area (Å²) >= 11 is 0. The third kappa shape index (κ3) is 4.82. The minimum Gasteiger partial charge on any atom is -0.467 e. The van der Waals surface area contributed by atoms with Gasteiger partial charge in [-0.3, -0.25) is 0 Å². The van der Waals surface area contributed by atoms with Gasteiger partial charge in [0.25, 0.3) is 0 Å². The van der Waals surface area contributed by atoms with E-state index in [1.165, 1.54) is 7.11 Å². The zero-order chi connectivity index (χ0) is 24.0. The summed E-state index contributed by atoms with van der Waals surface area (Å²) in [7, 11) is 1.47. The standard InChI is InChI=1S/C31H28N2O2/c1-35-31(34)30(21-24-13-5-2-6-14-24)33(23-25-15-7-3-8-16-25)29-22-28(26-17-9-4-10-18-26)32-20-12-11-19-27(29)32/h2-20,22,30H,21,23H2,1H3/t30-/m0/s1. The number of anilines is 1. The second-order valence-electron chi connectivity index (χ2n) is 8.58. The van der Waals surface area contributed by atoms with Crippen LogP contribution in [0.3, 0.4) is 0 Å². The Morgan fingerprint density at radius 1 is 0.800 bits per heavy atom. The van der Waals surface area contributed by atoms with Gasteiger partial charge in [0.15, 0.2) is 0 Å². The fourth-order valence-electron chi connectivity index (χ4n) is 4.63. The molecule has 35 heavy (non-hydrogen) atoms. The van der Waals surface area contributed by atoms with Crippen molar-refractivity contribution >= 4 is 17.2 Å². The van der Waals surface area contributed by atoms with E-state index in [9.17, 15) is 4.79 Å². The number of pyridine rings is 1. The van der Waals surface area contributed by atoms with Gasteiger partial charge in [-0.2, -0.15) is 0 Å². The Morgan fingerprint density at radius 2 is 1.40 bits per heavy atom. The molecule has 2 heterocycles. The highest BCUT2D eigenvalue weighted by molar-refractivity contribution is 5.88. The van der Waals surface area contributed by atoms with Gasteiger partial charge in [-0.1, -0.05) is 97.1 Å². The Hall–Kier alpha value is -4.31. The van der Waals surface area contributed by atoms with Crippen molar-refractivity contribution in [3.63, 3.8) is 0 Å². The number of carbonyl (C=O) groups excluding carboxylic acids is 1. The van der Waals surface area contributed by atoms with Crippen molar-refractivity contribution in [1.29, 1.82) is 0 Å². The lowest BCUT2D eigenvalue weighted by atomic mass is 10.0. The van der Waals surface area contributed by atoms with Crippen molar-refractivity contribution in [2.45, 2.75) is 19.0 Å². The zero-order valence-corrected chi connectivity index (χ0v) is 19.7. The number of benzene rings is 3. The maximum atomic E-state index is 13.3. The number of aromatic nitrogens is 1. The number of hydrogen-bond donors (Lipinski definition) is 0. The summed E-state index contributed by atoms with van der Waals surface area (Å²) < 4.78 is 7.53. The average Bonchev–Trinajstić information content (AvgIpc) is 3.31. The highest BCUT2D eigenvalue weighted by Crippen LogP contribution is 2.35. The molecule has 4 nitrogen and oxygen atoms in total. The number of esters is 1. The van der Waals surface area contributed by atoms with Crippen LogP contribution >= 0.6 is 0 Å². The molecule has 0 spiro atoms. The van der Waals surface area contributed by atoms with E-state index in [1.54, 1.807) is 0 Å². The van der Waals surface area contributed by atoms with Gasteiger partial charge in [-0.25, -0.2) is 4.79 Å². The lowest BCUT2D eigenvalue weighted by Gasteiger charge is -2.32. The van der Waals surface area contributed by atoms with Crippen molar-refractivity contribution in [1.82, 2.24) is 4.40 Å². The van der Waals surface area contributed by atoms with E-state index in [0.717, 1.165) is 33.6 Å². The van der Waals surface area contributed by atoms with E-state index >= 15 is 0 Å². The van der Waals surface area contributed by atoms with Crippen molar-refractivity contribution in [2.24, 2.45) is 0 Å². The molecule has 0 aliphatic heterocycles. The Bertz CT molecular complexity index is 1400. The number of nitrogens with zero attached hydrogens (tertiary/aromatic N) is 2. The first-order chi connectivity index (χ1) is 17.2. The molecular formula is C31H28N2O2. The molecule has 0 N–H and O–H groups in total. The molecule has 1 atom stereocenters. The van der Waals surface area contributed by atoms with Gasteiger partial charge in [0.1, 0.15) is 6.04 Å². The fourth-order valence-corrected chi connectivity index (χ4v) is 4.63. The molecule has 0 aliphatic carbocycles. The Labute approximate surface area is 206 Å². The normalized spacial score (nSPS) is 11.8. The van der Waals surface area contributed by atoms with Gasteiger partial charge in [0, 0.05) is 19.2 Å². The summed E-state index contributed by atoms with van der Waals surface area (Å²) in [5.74, 6) is -0.249. The number of hydrogen-bond acceptors (Lipinski definition) is 3. The van der Waals surface area contributed by atoms with Crippen molar-refractivity contribution in [3.8, 4) is 11.3 Å². The molecule has 0 fully saturated rings. The largest absolute Gasteiger partial charge is 0.467 e. The van der Waals surface area contributed by atoms with E-state index in [1.807, 2.05) is 66.7 Å². The summed E-state index contributed by atoms with van der Waals surface area (Å²) in [6.45, 7) is 0.580. The molecule has 0 aliphatic rings. The van der Waals surface area contributed by atoms with Gasteiger partial charge < -0.3 is 14.0 Å². The van der Waals surface area contributed by atoms with Crippen LogP contribution in [-0.2, 0) is 22.5 Å². The molecule has 5 rings (SSSR count). The van der Waals surface area contributed by atoms with Gasteiger partial charge in [-0.15, -0.1) is 0 Å². The number of fused-ring (bicyclic) bond motifs is 1. The predicted octanol–water partition coefficient (Wildman–Crippen LogP) is 6.40. The predicted molar refractivity (Wildman–Crippen MR) is 141 cm³/mol. The quantitative estimate of drug-likeness (QED) is 0.251. The molecule has 0 unspecified atom stereocenters. The molecule has 0 radical (unpaired) electrons. The summed E-state index contributed by atoms with van der Waals surface area (Å²) in [6, 6.07) is 38.6. The van der Waals surface area contributed by atoms with Crippen LogP contribution in [0.15, 0.2) is 121 Å². The Balaban J connectivity index is 1.68. The van der Waals surface area contributed by atoms with Crippen LogP contribution in [-0.4, -0.2) is 23.5 Å². The lowest BCUT2D eigenvalue weighted by molar-refractivity contribution is -0.142. The number of methoxy groups -OCH3 is 1. The molecule has 3 aromatic carbocycles. The minimum atomic E-state index is -0.488. The summed E-state index contributed by atoms with van der Waals surface area (Å²) in [4.78, 5) is 15.5. The maximum absolute atomic E-state index is 13.3. The Morgan fingerprint density at radius 3 is 2.06 bits per heavy atom. The Kier molecular flexibility index (Phi) is 6.62. The van der Waals surface area contributed by atoms with E-state index in [-0.39, 0.29) is 5.97 Å². The van der Waals surface area contributed by atoms with Crippen LogP contribution in [0.4, 0.5) is 5.69 Å². The highest BCUT2D eigenvalue weighted by Gasteiger charge is 2.30.